The molecule has 2 atom stereocenters. The molecule has 1 heterocycles. The second-order valence-electron chi connectivity index (χ2n) is 7.50. The van der Waals surface area contributed by atoms with Crippen LogP contribution in [0, 0.1) is 5.92 Å². The van der Waals surface area contributed by atoms with Crippen LogP contribution >= 0.6 is 0 Å². The molecule has 1 aliphatic heterocycles. The number of carbonyl (C=O) groups is 3. The maximum Gasteiger partial charge on any atom is 0.308 e. The predicted octanol–water partition coefficient (Wildman–Crippen LogP) is 2.52. The fourth-order valence-corrected chi connectivity index (χ4v) is 3.70. The molecule has 4 rings (SSSR count). The number of nitrogens with zero attached hydrogens (tertiary/aromatic N) is 1. The van der Waals surface area contributed by atoms with Crippen molar-refractivity contribution in [2.45, 2.75) is 24.8 Å². The average molecular weight is 378 g/mol. The molecule has 0 radical (unpaired) electrons. The standard InChI is InChI=1S/C22H22N2O4/c25-20(23-17-10-11-17)15-6-8-16(9-7-15)21(26)24-12-18(19(13-24)22(27)28)14-4-2-1-3-5-14/h1-9,17-19H,10-13H2,(H,23,25)(H,27,28)/t18-,19-/m1/s1. The zero-order valence-corrected chi connectivity index (χ0v) is 15.4. The Hall–Kier alpha value is -3.15. The summed E-state index contributed by atoms with van der Waals surface area (Å²) in [4.78, 5) is 38.3. The summed E-state index contributed by atoms with van der Waals surface area (Å²) in [5, 5.41) is 12.5. The Bertz CT molecular complexity index is 891. The van der Waals surface area contributed by atoms with Crippen LogP contribution in [0.25, 0.3) is 0 Å². The molecule has 2 aromatic carbocycles. The molecule has 1 saturated carbocycles. The van der Waals surface area contributed by atoms with Gasteiger partial charge in [-0.15, -0.1) is 0 Å². The Morgan fingerprint density at radius 1 is 0.893 bits per heavy atom. The maximum atomic E-state index is 12.9. The Balaban J connectivity index is 1.48. The number of hydrogen-bond donors (Lipinski definition) is 2. The monoisotopic (exact) mass is 378 g/mol. The first kappa shape index (κ1) is 18.2. The molecule has 0 spiro atoms. The normalized spacial score (nSPS) is 21.4. The van der Waals surface area contributed by atoms with Gasteiger partial charge in [-0.3, -0.25) is 14.4 Å². The van der Waals surface area contributed by atoms with Gasteiger partial charge in [-0.25, -0.2) is 0 Å². The second-order valence-corrected chi connectivity index (χ2v) is 7.50. The minimum atomic E-state index is -0.892. The van der Waals surface area contributed by atoms with Crippen molar-refractivity contribution in [3.05, 3.63) is 71.3 Å². The van der Waals surface area contributed by atoms with Crippen molar-refractivity contribution < 1.29 is 19.5 Å². The van der Waals surface area contributed by atoms with E-state index in [1.165, 1.54) is 0 Å². The van der Waals surface area contributed by atoms with Gasteiger partial charge in [0.05, 0.1) is 5.92 Å². The van der Waals surface area contributed by atoms with Gasteiger partial charge in [-0.1, -0.05) is 30.3 Å². The summed E-state index contributed by atoms with van der Waals surface area (Å²) < 4.78 is 0. The van der Waals surface area contributed by atoms with Crippen LogP contribution in [0.15, 0.2) is 54.6 Å². The third kappa shape index (κ3) is 3.76. The fourth-order valence-electron chi connectivity index (χ4n) is 3.70. The van der Waals surface area contributed by atoms with Gasteiger partial charge >= 0.3 is 5.97 Å². The summed E-state index contributed by atoms with van der Waals surface area (Å²) in [7, 11) is 0. The van der Waals surface area contributed by atoms with Crippen LogP contribution < -0.4 is 5.32 Å². The van der Waals surface area contributed by atoms with Gasteiger partial charge in [0, 0.05) is 36.2 Å². The Labute approximate surface area is 163 Å². The summed E-state index contributed by atoms with van der Waals surface area (Å²) >= 11 is 0. The van der Waals surface area contributed by atoms with Crippen molar-refractivity contribution in [1.82, 2.24) is 10.2 Å². The number of nitrogens with one attached hydrogen (secondary N) is 1. The van der Waals surface area contributed by atoms with Crippen molar-refractivity contribution in [1.29, 1.82) is 0 Å². The van der Waals surface area contributed by atoms with Crippen molar-refractivity contribution in [2.24, 2.45) is 5.92 Å². The predicted molar refractivity (Wildman–Crippen MR) is 103 cm³/mol. The van der Waals surface area contributed by atoms with E-state index in [0.717, 1.165) is 18.4 Å². The van der Waals surface area contributed by atoms with Crippen LogP contribution in [0.4, 0.5) is 0 Å². The minimum absolute atomic E-state index is 0.127. The molecule has 1 saturated heterocycles. The summed E-state index contributed by atoms with van der Waals surface area (Å²) in [5.74, 6) is -2.09. The highest BCUT2D eigenvalue weighted by atomic mass is 16.4. The van der Waals surface area contributed by atoms with E-state index in [4.69, 9.17) is 0 Å². The van der Waals surface area contributed by atoms with Crippen molar-refractivity contribution in [3.8, 4) is 0 Å². The van der Waals surface area contributed by atoms with E-state index in [1.54, 1.807) is 29.2 Å². The largest absolute Gasteiger partial charge is 0.481 e. The number of amides is 2. The van der Waals surface area contributed by atoms with Crippen LogP contribution in [-0.2, 0) is 4.79 Å². The molecule has 0 aromatic heterocycles. The highest BCUT2D eigenvalue weighted by Gasteiger charge is 2.40. The number of aliphatic carboxylic acids is 1. The first-order valence-corrected chi connectivity index (χ1v) is 9.51. The number of carbonyl (C=O) groups excluding carboxylic acids is 2. The van der Waals surface area contributed by atoms with Crippen molar-refractivity contribution in [3.63, 3.8) is 0 Å². The van der Waals surface area contributed by atoms with Gasteiger partial charge in [-0.05, 0) is 42.7 Å². The quantitative estimate of drug-likeness (QED) is 0.837. The smallest absolute Gasteiger partial charge is 0.308 e. The minimum Gasteiger partial charge on any atom is -0.481 e. The highest BCUT2D eigenvalue weighted by molar-refractivity contribution is 5.98. The van der Waals surface area contributed by atoms with Crippen molar-refractivity contribution >= 4 is 17.8 Å². The SMILES string of the molecule is O=C(NC1CC1)c1ccc(C(=O)N2C[C@H](c3ccccc3)[C@H](C(=O)O)C2)cc1. The maximum absolute atomic E-state index is 12.9. The highest BCUT2D eigenvalue weighted by Crippen LogP contribution is 2.33. The number of benzene rings is 2. The van der Waals surface area contributed by atoms with Gasteiger partial charge in [0.25, 0.3) is 11.8 Å². The van der Waals surface area contributed by atoms with Crippen LogP contribution in [-0.4, -0.2) is 46.9 Å². The average Bonchev–Trinajstić information content (AvgIpc) is 3.41. The number of carboxylic acids is 1. The molecule has 2 fully saturated rings. The van der Waals surface area contributed by atoms with Gasteiger partial charge in [-0.2, -0.15) is 0 Å². The number of carboxylic acid groups (broad SMARTS) is 1. The number of likely N-dealkylation sites (tertiary alicyclic amines) is 1. The Morgan fingerprint density at radius 3 is 2.14 bits per heavy atom. The summed E-state index contributed by atoms with van der Waals surface area (Å²) in [5.41, 5.74) is 1.91. The van der Waals surface area contributed by atoms with Crippen molar-refractivity contribution in [2.75, 3.05) is 13.1 Å². The lowest BCUT2D eigenvalue weighted by Gasteiger charge is -2.17. The second kappa shape index (κ2) is 7.46. The van der Waals surface area contributed by atoms with E-state index < -0.39 is 11.9 Å². The Kier molecular flexibility index (Phi) is 4.86. The topological polar surface area (TPSA) is 86.7 Å². The first-order valence-electron chi connectivity index (χ1n) is 9.51. The summed E-state index contributed by atoms with van der Waals surface area (Å²) in [6.07, 6.45) is 2.04. The first-order chi connectivity index (χ1) is 13.5. The molecular formula is C22H22N2O4. The van der Waals surface area contributed by atoms with E-state index in [0.29, 0.717) is 17.7 Å². The molecule has 2 amide bonds. The van der Waals surface area contributed by atoms with Crippen LogP contribution in [0.5, 0.6) is 0 Å². The van der Waals surface area contributed by atoms with Gasteiger partial charge in [0.1, 0.15) is 0 Å². The van der Waals surface area contributed by atoms with Crippen LogP contribution in [0.2, 0.25) is 0 Å². The fraction of sp³-hybridized carbons (Fsp3) is 0.318. The van der Waals surface area contributed by atoms with E-state index in [1.807, 2.05) is 30.3 Å². The third-order valence-electron chi connectivity index (χ3n) is 5.46. The van der Waals surface area contributed by atoms with Gasteiger partial charge in [0.2, 0.25) is 0 Å². The lowest BCUT2D eigenvalue weighted by atomic mass is 9.89. The van der Waals surface area contributed by atoms with Gasteiger partial charge < -0.3 is 15.3 Å². The zero-order valence-electron chi connectivity index (χ0n) is 15.4. The lowest BCUT2D eigenvalue weighted by molar-refractivity contribution is -0.141. The molecule has 2 aromatic rings. The van der Waals surface area contributed by atoms with Crippen LogP contribution in [0.1, 0.15) is 45.0 Å². The van der Waals surface area contributed by atoms with E-state index in [-0.39, 0.29) is 30.3 Å². The van der Waals surface area contributed by atoms with E-state index >= 15 is 0 Å². The molecule has 6 heteroatoms. The van der Waals surface area contributed by atoms with E-state index in [2.05, 4.69) is 5.32 Å². The molecule has 0 unspecified atom stereocenters. The van der Waals surface area contributed by atoms with Crippen LogP contribution in [0.3, 0.4) is 0 Å². The lowest BCUT2D eigenvalue weighted by Crippen LogP contribution is -2.30. The molecular weight excluding hydrogens is 356 g/mol. The molecule has 28 heavy (non-hydrogen) atoms. The zero-order chi connectivity index (χ0) is 19.7. The molecule has 144 valence electrons. The third-order valence-corrected chi connectivity index (χ3v) is 5.46. The molecule has 0 bridgehead atoms. The number of hydrogen-bond acceptors (Lipinski definition) is 3. The molecule has 2 N–H and O–H groups in total. The van der Waals surface area contributed by atoms with E-state index in [9.17, 15) is 19.5 Å². The molecule has 2 aliphatic rings. The molecule has 1 aliphatic carbocycles. The van der Waals surface area contributed by atoms with Gasteiger partial charge in [0.15, 0.2) is 0 Å². The summed E-state index contributed by atoms with van der Waals surface area (Å²) in [6.45, 7) is 0.543. The Morgan fingerprint density at radius 2 is 1.54 bits per heavy atom. The molecule has 6 nitrogen and oxygen atoms in total. The summed E-state index contributed by atoms with van der Waals surface area (Å²) in [6, 6.07) is 16.3. The number of rotatable bonds is 5.